The highest BCUT2D eigenvalue weighted by Gasteiger charge is 2.20. The average Bonchev–Trinajstić information content (AvgIpc) is 3.15. The first kappa shape index (κ1) is 14.1. The largest absolute Gasteiger partial charge is 0.435 e. The third-order valence-corrected chi connectivity index (χ3v) is 4.95. The van der Waals surface area contributed by atoms with Crippen molar-refractivity contribution < 1.29 is 4.42 Å². The molecule has 0 bridgehead atoms. The van der Waals surface area contributed by atoms with Gasteiger partial charge in [0.05, 0.1) is 5.02 Å². The highest BCUT2D eigenvalue weighted by atomic mass is 35.5. The molecule has 0 aliphatic heterocycles. The van der Waals surface area contributed by atoms with Crippen LogP contribution in [0.1, 0.15) is 11.1 Å². The number of halogens is 2. The van der Waals surface area contributed by atoms with Gasteiger partial charge < -0.3 is 4.42 Å². The second-order valence-electron chi connectivity index (χ2n) is 5.96. The lowest BCUT2D eigenvalue weighted by Gasteiger charge is -2.03. The molecule has 0 unspecified atom stereocenters. The van der Waals surface area contributed by atoms with Crippen molar-refractivity contribution in [3.05, 3.63) is 75.8 Å². The minimum atomic E-state index is 0.475. The monoisotopic (exact) mass is 351 g/mol. The molecule has 1 heterocycles. The normalized spacial score (nSPS) is 12.4. The number of hydrogen-bond donors (Lipinski definition) is 0. The second-order valence-corrected chi connectivity index (χ2v) is 6.80. The van der Waals surface area contributed by atoms with E-state index in [1.807, 2.05) is 6.07 Å². The van der Waals surface area contributed by atoms with Gasteiger partial charge in [0.2, 0.25) is 5.89 Å². The molecule has 3 aromatic carbocycles. The Morgan fingerprint density at radius 2 is 1.71 bits per heavy atom. The molecule has 0 N–H and O–H groups in total. The first-order valence-corrected chi connectivity index (χ1v) is 8.42. The maximum Gasteiger partial charge on any atom is 0.227 e. The van der Waals surface area contributed by atoms with Crippen LogP contribution in [0, 0.1) is 0 Å². The van der Waals surface area contributed by atoms with E-state index in [1.165, 1.54) is 22.3 Å². The highest BCUT2D eigenvalue weighted by Crippen LogP contribution is 2.39. The van der Waals surface area contributed by atoms with Crippen LogP contribution in [0.5, 0.6) is 0 Å². The van der Waals surface area contributed by atoms with Gasteiger partial charge in [-0.2, -0.15) is 0 Å². The van der Waals surface area contributed by atoms with Crippen molar-refractivity contribution in [2.45, 2.75) is 6.42 Å². The van der Waals surface area contributed by atoms with Gasteiger partial charge in [0, 0.05) is 10.6 Å². The van der Waals surface area contributed by atoms with Gasteiger partial charge in [-0.3, -0.25) is 0 Å². The number of nitrogens with zero attached hydrogens (tertiary/aromatic N) is 1. The molecule has 1 aromatic heterocycles. The Morgan fingerprint density at radius 3 is 2.62 bits per heavy atom. The quantitative estimate of drug-likeness (QED) is 0.350. The molecular weight excluding hydrogens is 341 g/mol. The molecule has 0 saturated carbocycles. The van der Waals surface area contributed by atoms with Crippen molar-refractivity contribution in [1.82, 2.24) is 4.98 Å². The lowest BCUT2D eigenvalue weighted by Crippen LogP contribution is -1.82. The molecule has 1 aliphatic carbocycles. The molecular formula is C20H11Cl2NO. The molecule has 116 valence electrons. The van der Waals surface area contributed by atoms with Gasteiger partial charge in [0.1, 0.15) is 5.52 Å². The van der Waals surface area contributed by atoms with E-state index in [2.05, 4.69) is 41.4 Å². The molecule has 0 fully saturated rings. The van der Waals surface area contributed by atoms with Crippen LogP contribution in [0.3, 0.4) is 0 Å². The summed E-state index contributed by atoms with van der Waals surface area (Å²) in [4.78, 5) is 4.55. The van der Waals surface area contributed by atoms with Gasteiger partial charge >= 0.3 is 0 Å². The Labute approximate surface area is 148 Å². The highest BCUT2D eigenvalue weighted by molar-refractivity contribution is 6.38. The average molecular weight is 352 g/mol. The fourth-order valence-corrected chi connectivity index (χ4v) is 3.86. The summed E-state index contributed by atoms with van der Waals surface area (Å²) >= 11 is 12.3. The van der Waals surface area contributed by atoms with Crippen molar-refractivity contribution >= 4 is 34.3 Å². The molecule has 0 atom stereocenters. The molecule has 0 radical (unpaired) electrons. The van der Waals surface area contributed by atoms with Gasteiger partial charge in [0.25, 0.3) is 0 Å². The predicted octanol–water partition coefficient (Wildman–Crippen LogP) is 6.37. The van der Waals surface area contributed by atoms with E-state index in [4.69, 9.17) is 27.6 Å². The lowest BCUT2D eigenvalue weighted by atomic mass is 10.0. The molecule has 0 saturated heterocycles. The van der Waals surface area contributed by atoms with E-state index in [9.17, 15) is 0 Å². The van der Waals surface area contributed by atoms with Crippen LogP contribution in [0.25, 0.3) is 33.7 Å². The van der Waals surface area contributed by atoms with Crippen molar-refractivity contribution in [3.63, 3.8) is 0 Å². The third kappa shape index (κ3) is 2.07. The summed E-state index contributed by atoms with van der Waals surface area (Å²) in [7, 11) is 0. The van der Waals surface area contributed by atoms with Crippen LogP contribution in [-0.4, -0.2) is 4.98 Å². The number of hydrogen-bond acceptors (Lipinski definition) is 2. The van der Waals surface area contributed by atoms with Gasteiger partial charge in [-0.1, -0.05) is 53.5 Å². The molecule has 4 aromatic rings. The fourth-order valence-electron chi connectivity index (χ4n) is 3.34. The predicted molar refractivity (Wildman–Crippen MR) is 97.7 cm³/mol. The van der Waals surface area contributed by atoms with E-state index >= 15 is 0 Å². The van der Waals surface area contributed by atoms with Crippen LogP contribution in [0.2, 0.25) is 10.0 Å². The van der Waals surface area contributed by atoms with Gasteiger partial charge in [-0.15, -0.1) is 0 Å². The summed E-state index contributed by atoms with van der Waals surface area (Å²) in [5.74, 6) is 0.557. The van der Waals surface area contributed by atoms with Crippen molar-refractivity contribution in [3.8, 4) is 22.6 Å². The third-order valence-electron chi connectivity index (χ3n) is 4.45. The first-order chi connectivity index (χ1) is 11.7. The topological polar surface area (TPSA) is 26.0 Å². The number of fused-ring (bicyclic) bond motifs is 4. The van der Waals surface area contributed by atoms with E-state index in [1.54, 1.807) is 12.1 Å². The number of benzene rings is 3. The zero-order valence-corrected chi connectivity index (χ0v) is 14.0. The summed E-state index contributed by atoms with van der Waals surface area (Å²) in [5, 5.41) is 1.03. The maximum absolute atomic E-state index is 6.21. The van der Waals surface area contributed by atoms with Crippen molar-refractivity contribution in [2.75, 3.05) is 0 Å². The Balaban J connectivity index is 1.68. The van der Waals surface area contributed by atoms with Crippen LogP contribution in [-0.2, 0) is 6.42 Å². The van der Waals surface area contributed by atoms with Crippen LogP contribution in [0.4, 0.5) is 0 Å². The van der Waals surface area contributed by atoms with E-state index in [0.717, 1.165) is 12.0 Å². The number of rotatable bonds is 1. The van der Waals surface area contributed by atoms with Crippen LogP contribution >= 0.6 is 23.2 Å². The van der Waals surface area contributed by atoms with E-state index < -0.39 is 0 Å². The molecule has 2 nitrogen and oxygen atoms in total. The Hall–Kier alpha value is -2.29. The Kier molecular flexibility index (Phi) is 2.99. The number of aromatic nitrogens is 1. The fraction of sp³-hybridized carbons (Fsp3) is 0.0500. The zero-order chi connectivity index (χ0) is 16.3. The minimum Gasteiger partial charge on any atom is -0.435 e. The van der Waals surface area contributed by atoms with Crippen LogP contribution in [0.15, 0.2) is 59.0 Å². The summed E-state index contributed by atoms with van der Waals surface area (Å²) in [5.41, 5.74) is 7.39. The van der Waals surface area contributed by atoms with Gasteiger partial charge in [-0.05, 0) is 52.9 Å². The number of oxazole rings is 1. The summed E-state index contributed by atoms with van der Waals surface area (Å²) in [6.07, 6.45) is 0.973. The smallest absolute Gasteiger partial charge is 0.227 e. The van der Waals surface area contributed by atoms with Gasteiger partial charge in [-0.25, -0.2) is 4.98 Å². The van der Waals surface area contributed by atoms with E-state index in [-0.39, 0.29) is 0 Å². The zero-order valence-electron chi connectivity index (χ0n) is 12.5. The first-order valence-electron chi connectivity index (χ1n) is 7.66. The summed E-state index contributed by atoms with van der Waals surface area (Å²) in [6.45, 7) is 0. The molecule has 1 aliphatic rings. The van der Waals surface area contributed by atoms with Crippen LogP contribution < -0.4 is 0 Å². The standard InChI is InChI=1S/C20H11Cl2NO/c21-14-9-17(22)19-18(10-14)23-20(24-19)13-6-5-12-7-11-3-1-2-4-15(11)16(12)8-13/h1-6,8-10H,7H2. The molecule has 4 heteroatoms. The second kappa shape index (κ2) is 5.10. The Bertz CT molecular complexity index is 1110. The maximum atomic E-state index is 6.21. The van der Waals surface area contributed by atoms with Gasteiger partial charge in [0.15, 0.2) is 5.58 Å². The summed E-state index contributed by atoms with van der Waals surface area (Å²) in [6, 6.07) is 18.3. The molecule has 24 heavy (non-hydrogen) atoms. The molecule has 0 spiro atoms. The molecule has 5 rings (SSSR count). The minimum absolute atomic E-state index is 0.475. The summed E-state index contributed by atoms with van der Waals surface area (Å²) < 4.78 is 5.89. The van der Waals surface area contributed by atoms with Crippen molar-refractivity contribution in [1.29, 1.82) is 0 Å². The SMILES string of the molecule is Clc1cc(Cl)c2oc(-c3ccc4c(c3)-c3ccccc3C4)nc2c1. The Morgan fingerprint density at radius 1 is 0.875 bits per heavy atom. The van der Waals surface area contributed by atoms with Crippen molar-refractivity contribution in [2.24, 2.45) is 0 Å². The van der Waals surface area contributed by atoms with E-state index in [0.29, 0.717) is 27.0 Å². The molecule has 0 amide bonds. The lowest BCUT2D eigenvalue weighted by molar-refractivity contribution is 0.620.